The summed E-state index contributed by atoms with van der Waals surface area (Å²) in [6.07, 6.45) is 1.77. The maximum absolute atomic E-state index is 10.9. The predicted molar refractivity (Wildman–Crippen MR) is 85.3 cm³/mol. The van der Waals surface area contributed by atoms with Crippen LogP contribution in [-0.2, 0) is 0 Å². The second-order valence-corrected chi connectivity index (χ2v) is 5.99. The van der Waals surface area contributed by atoms with Crippen LogP contribution in [0.3, 0.4) is 0 Å². The molecule has 2 aromatic carbocycles. The Kier molecular flexibility index (Phi) is 4.81. The van der Waals surface area contributed by atoms with Gasteiger partial charge in [-0.05, 0) is 36.1 Å². The highest BCUT2D eigenvalue weighted by Crippen LogP contribution is 2.40. The Balaban J connectivity index is 2.63. The molecular formula is C13H8Cl3NO2S. The van der Waals surface area contributed by atoms with Gasteiger partial charge in [0.05, 0.1) is 19.9 Å². The molecular weight excluding hydrogens is 341 g/mol. The van der Waals surface area contributed by atoms with E-state index in [0.29, 0.717) is 31.1 Å². The van der Waals surface area contributed by atoms with E-state index in [2.05, 4.69) is 0 Å². The van der Waals surface area contributed by atoms with E-state index >= 15 is 0 Å². The van der Waals surface area contributed by atoms with Gasteiger partial charge in [0.2, 0.25) is 0 Å². The molecule has 2 aromatic rings. The summed E-state index contributed by atoms with van der Waals surface area (Å²) >= 11 is 19.5. The molecule has 0 bridgehead atoms. The zero-order valence-electron chi connectivity index (χ0n) is 10.2. The summed E-state index contributed by atoms with van der Waals surface area (Å²) < 4.78 is 0. The van der Waals surface area contributed by atoms with Crippen molar-refractivity contribution in [2.24, 2.45) is 0 Å². The van der Waals surface area contributed by atoms with Crippen molar-refractivity contribution >= 4 is 52.3 Å². The third-order valence-electron chi connectivity index (χ3n) is 2.67. The van der Waals surface area contributed by atoms with Gasteiger partial charge in [0.1, 0.15) is 0 Å². The fraction of sp³-hybridized carbons (Fsp3) is 0.0769. The topological polar surface area (TPSA) is 43.1 Å². The predicted octanol–water partition coefficient (Wildman–Crippen LogP) is 5.94. The summed E-state index contributed by atoms with van der Waals surface area (Å²) in [5, 5.41) is 12.2. The van der Waals surface area contributed by atoms with Gasteiger partial charge >= 0.3 is 0 Å². The summed E-state index contributed by atoms with van der Waals surface area (Å²) in [7, 11) is 0. The van der Waals surface area contributed by atoms with Crippen LogP contribution in [0.25, 0.3) is 11.1 Å². The molecule has 0 aliphatic heterocycles. The van der Waals surface area contributed by atoms with Gasteiger partial charge in [0.25, 0.3) is 5.69 Å². The number of benzene rings is 2. The number of hydrogen-bond donors (Lipinski definition) is 0. The highest BCUT2D eigenvalue weighted by molar-refractivity contribution is 7.98. The quantitative estimate of drug-likeness (QED) is 0.391. The molecule has 0 saturated carbocycles. The summed E-state index contributed by atoms with van der Waals surface area (Å²) in [6, 6.07) is 7.94. The molecule has 0 aliphatic rings. The Hall–Kier alpha value is -0.940. The Morgan fingerprint density at radius 2 is 1.70 bits per heavy atom. The van der Waals surface area contributed by atoms with E-state index < -0.39 is 4.92 Å². The van der Waals surface area contributed by atoms with Gasteiger partial charge in [-0.3, -0.25) is 10.1 Å². The van der Waals surface area contributed by atoms with Gasteiger partial charge in [0, 0.05) is 16.7 Å². The first kappa shape index (κ1) is 15.4. The third kappa shape index (κ3) is 3.04. The molecule has 0 aliphatic carbocycles. The van der Waals surface area contributed by atoms with Crippen LogP contribution in [0.15, 0.2) is 35.2 Å². The molecule has 0 atom stereocenters. The Morgan fingerprint density at radius 3 is 2.20 bits per heavy atom. The maximum Gasteiger partial charge on any atom is 0.282 e. The van der Waals surface area contributed by atoms with Crippen molar-refractivity contribution < 1.29 is 4.92 Å². The number of halogens is 3. The average molecular weight is 349 g/mol. The van der Waals surface area contributed by atoms with Gasteiger partial charge in [-0.2, -0.15) is 0 Å². The van der Waals surface area contributed by atoms with E-state index in [4.69, 9.17) is 34.8 Å². The van der Waals surface area contributed by atoms with Gasteiger partial charge in [0.15, 0.2) is 0 Å². The molecule has 104 valence electrons. The second-order valence-electron chi connectivity index (χ2n) is 3.89. The number of nitro groups is 1. The molecule has 0 spiro atoms. The minimum absolute atomic E-state index is 0.0578. The number of hydrogen-bond acceptors (Lipinski definition) is 3. The molecule has 0 amide bonds. The number of thioether (sulfide) groups is 1. The zero-order chi connectivity index (χ0) is 14.9. The van der Waals surface area contributed by atoms with Crippen LogP contribution < -0.4 is 0 Å². The fourth-order valence-electron chi connectivity index (χ4n) is 1.80. The Morgan fingerprint density at radius 1 is 1.10 bits per heavy atom. The van der Waals surface area contributed by atoms with E-state index in [1.54, 1.807) is 30.5 Å². The van der Waals surface area contributed by atoms with E-state index in [1.165, 1.54) is 17.8 Å². The van der Waals surface area contributed by atoms with Crippen molar-refractivity contribution in [3.63, 3.8) is 0 Å². The molecule has 0 fully saturated rings. The summed E-state index contributed by atoms with van der Waals surface area (Å²) in [5.74, 6) is 0. The monoisotopic (exact) mass is 347 g/mol. The van der Waals surface area contributed by atoms with Crippen LogP contribution in [-0.4, -0.2) is 11.2 Å². The van der Waals surface area contributed by atoms with Crippen molar-refractivity contribution in [1.82, 2.24) is 0 Å². The SMILES string of the molecule is CSc1cc(-c2c(Cl)cc(Cl)cc2Cl)ccc1[N+](=O)[O-]. The van der Waals surface area contributed by atoms with Crippen molar-refractivity contribution in [1.29, 1.82) is 0 Å². The molecule has 0 radical (unpaired) electrons. The largest absolute Gasteiger partial charge is 0.282 e. The fourth-order valence-corrected chi connectivity index (χ4v) is 3.43. The molecule has 2 rings (SSSR count). The van der Waals surface area contributed by atoms with Gasteiger partial charge < -0.3 is 0 Å². The highest BCUT2D eigenvalue weighted by Gasteiger charge is 2.17. The van der Waals surface area contributed by atoms with Crippen molar-refractivity contribution in [3.05, 3.63) is 55.5 Å². The number of rotatable bonds is 3. The van der Waals surface area contributed by atoms with E-state index in [-0.39, 0.29) is 5.69 Å². The first-order chi connectivity index (χ1) is 9.43. The number of nitro benzene ring substituents is 1. The zero-order valence-corrected chi connectivity index (χ0v) is 13.3. The first-order valence-corrected chi connectivity index (χ1v) is 7.77. The molecule has 20 heavy (non-hydrogen) atoms. The van der Waals surface area contributed by atoms with E-state index in [1.807, 2.05) is 0 Å². The Labute approximate surface area is 135 Å². The van der Waals surface area contributed by atoms with Gasteiger partial charge in [-0.1, -0.05) is 34.8 Å². The molecule has 0 aromatic heterocycles. The molecule has 0 saturated heterocycles. The molecule has 0 unspecified atom stereocenters. The molecule has 7 heteroatoms. The van der Waals surface area contributed by atoms with Crippen LogP contribution in [0.1, 0.15) is 0 Å². The summed E-state index contributed by atoms with van der Waals surface area (Å²) in [4.78, 5) is 11.1. The standard InChI is InChI=1S/C13H8Cl3NO2S/c1-20-12-4-7(2-3-11(12)17(18)19)13-9(15)5-8(14)6-10(13)16/h2-6H,1H3. The third-order valence-corrected chi connectivity index (χ3v) is 4.25. The summed E-state index contributed by atoms with van der Waals surface area (Å²) in [5.41, 5.74) is 1.39. The molecule has 0 N–H and O–H groups in total. The summed E-state index contributed by atoms with van der Waals surface area (Å²) in [6.45, 7) is 0. The maximum atomic E-state index is 10.9. The average Bonchev–Trinajstić information content (AvgIpc) is 2.37. The lowest BCUT2D eigenvalue weighted by molar-refractivity contribution is -0.387. The normalized spacial score (nSPS) is 10.6. The lowest BCUT2D eigenvalue weighted by Gasteiger charge is -2.09. The smallest absolute Gasteiger partial charge is 0.258 e. The van der Waals surface area contributed by atoms with Gasteiger partial charge in [-0.15, -0.1) is 11.8 Å². The van der Waals surface area contributed by atoms with Crippen molar-refractivity contribution in [3.8, 4) is 11.1 Å². The van der Waals surface area contributed by atoms with E-state index in [0.717, 1.165) is 0 Å². The minimum atomic E-state index is -0.416. The van der Waals surface area contributed by atoms with Crippen molar-refractivity contribution in [2.75, 3.05) is 6.26 Å². The number of nitrogens with zero attached hydrogens (tertiary/aromatic N) is 1. The Bertz CT molecular complexity index is 668. The van der Waals surface area contributed by atoms with Gasteiger partial charge in [-0.25, -0.2) is 0 Å². The lowest BCUT2D eigenvalue weighted by Crippen LogP contribution is -1.91. The van der Waals surface area contributed by atoms with Crippen LogP contribution in [0, 0.1) is 10.1 Å². The minimum Gasteiger partial charge on any atom is -0.258 e. The first-order valence-electron chi connectivity index (χ1n) is 5.41. The van der Waals surface area contributed by atoms with Crippen LogP contribution in [0.4, 0.5) is 5.69 Å². The molecule has 0 heterocycles. The van der Waals surface area contributed by atoms with Crippen LogP contribution >= 0.6 is 46.6 Å². The second kappa shape index (κ2) is 6.22. The van der Waals surface area contributed by atoms with E-state index in [9.17, 15) is 10.1 Å². The van der Waals surface area contributed by atoms with Crippen LogP contribution in [0.2, 0.25) is 15.1 Å². The highest BCUT2D eigenvalue weighted by atomic mass is 35.5. The van der Waals surface area contributed by atoms with Crippen molar-refractivity contribution in [2.45, 2.75) is 4.90 Å². The lowest BCUT2D eigenvalue weighted by atomic mass is 10.1. The van der Waals surface area contributed by atoms with Crippen LogP contribution in [0.5, 0.6) is 0 Å². The molecule has 3 nitrogen and oxygen atoms in total.